The Labute approximate surface area is 94.7 Å². The van der Waals surface area contributed by atoms with Crippen LogP contribution in [0.2, 0.25) is 0 Å². The summed E-state index contributed by atoms with van der Waals surface area (Å²) in [7, 11) is 0. The molecule has 0 unspecified atom stereocenters. The summed E-state index contributed by atoms with van der Waals surface area (Å²) in [6, 6.07) is -1.70. The zero-order valence-corrected chi connectivity index (χ0v) is 9.53. The first-order chi connectivity index (χ1) is 7.36. The Hall–Kier alpha value is -1.43. The summed E-state index contributed by atoms with van der Waals surface area (Å²) in [4.78, 5) is 32.5. The fourth-order valence-corrected chi connectivity index (χ4v) is 1.20. The van der Waals surface area contributed by atoms with Crippen molar-refractivity contribution in [2.45, 2.75) is 38.8 Å². The quantitative estimate of drug-likeness (QED) is 0.509. The summed E-state index contributed by atoms with van der Waals surface area (Å²) in [6.07, 6.45) is 1.97. The minimum Gasteiger partial charge on any atom is -0.370 e. The SMILES string of the molecule is CC(C)C[C@@H]([C]=O)NC(=O)[C@@H](N)CC(N)=O. The van der Waals surface area contributed by atoms with Crippen LogP contribution in [-0.2, 0) is 14.4 Å². The number of nitrogens with one attached hydrogen (secondary N) is 1. The summed E-state index contributed by atoms with van der Waals surface area (Å²) < 4.78 is 0. The molecule has 0 aromatic carbocycles. The molecule has 2 amide bonds. The number of amides is 2. The molecular weight excluding hydrogens is 210 g/mol. The van der Waals surface area contributed by atoms with Crippen molar-refractivity contribution in [3.05, 3.63) is 0 Å². The number of primary amides is 1. The summed E-state index contributed by atoms with van der Waals surface area (Å²) in [6.45, 7) is 3.83. The second-order valence-electron chi connectivity index (χ2n) is 4.09. The van der Waals surface area contributed by atoms with Crippen LogP contribution >= 0.6 is 0 Å². The van der Waals surface area contributed by atoms with Crippen molar-refractivity contribution in [1.29, 1.82) is 0 Å². The van der Waals surface area contributed by atoms with Crippen LogP contribution in [0.3, 0.4) is 0 Å². The zero-order valence-electron chi connectivity index (χ0n) is 9.53. The standard InChI is InChI=1S/C10H18N3O3/c1-6(2)3-7(5-14)13-10(16)8(11)4-9(12)15/h6-8H,3-4,11H2,1-2H3,(H2,12,15)(H,13,16)/t7-,8-/m0/s1. The molecule has 91 valence electrons. The molecule has 1 radical (unpaired) electrons. The number of hydrogen-bond acceptors (Lipinski definition) is 4. The summed E-state index contributed by atoms with van der Waals surface area (Å²) in [5, 5.41) is 2.41. The van der Waals surface area contributed by atoms with Gasteiger partial charge in [-0.3, -0.25) is 14.4 Å². The molecule has 0 saturated heterocycles. The molecule has 0 spiro atoms. The van der Waals surface area contributed by atoms with Crippen molar-refractivity contribution in [2.75, 3.05) is 0 Å². The number of carbonyl (C=O) groups is 2. The lowest BCUT2D eigenvalue weighted by Crippen LogP contribution is -2.47. The van der Waals surface area contributed by atoms with Gasteiger partial charge in [-0.2, -0.15) is 0 Å². The molecule has 0 aromatic heterocycles. The number of hydrogen-bond donors (Lipinski definition) is 3. The minimum atomic E-state index is -1.01. The van der Waals surface area contributed by atoms with Gasteiger partial charge in [-0.1, -0.05) is 13.8 Å². The Bertz CT molecular complexity index is 266. The van der Waals surface area contributed by atoms with Crippen LogP contribution in [0.4, 0.5) is 0 Å². The van der Waals surface area contributed by atoms with Gasteiger partial charge in [0.15, 0.2) is 0 Å². The van der Waals surface area contributed by atoms with Gasteiger partial charge in [-0.25, -0.2) is 0 Å². The first-order valence-electron chi connectivity index (χ1n) is 5.08. The van der Waals surface area contributed by atoms with E-state index in [9.17, 15) is 14.4 Å². The molecule has 0 rings (SSSR count). The molecule has 0 fully saturated rings. The van der Waals surface area contributed by atoms with Crippen molar-refractivity contribution in [2.24, 2.45) is 17.4 Å². The van der Waals surface area contributed by atoms with Gasteiger partial charge in [0.05, 0.1) is 18.5 Å². The Morgan fingerprint density at radius 1 is 1.38 bits per heavy atom. The van der Waals surface area contributed by atoms with Crippen molar-refractivity contribution in [3.8, 4) is 0 Å². The average molecular weight is 228 g/mol. The number of rotatable bonds is 7. The second-order valence-corrected chi connectivity index (χ2v) is 4.09. The number of carbonyl (C=O) groups excluding carboxylic acids is 3. The Balaban J connectivity index is 4.18. The molecule has 0 heterocycles. The molecule has 2 atom stereocenters. The van der Waals surface area contributed by atoms with Gasteiger partial charge in [0.2, 0.25) is 18.1 Å². The highest BCUT2D eigenvalue weighted by atomic mass is 16.2. The molecule has 16 heavy (non-hydrogen) atoms. The summed E-state index contributed by atoms with van der Waals surface area (Å²) >= 11 is 0. The highest BCUT2D eigenvalue weighted by Gasteiger charge is 2.20. The Morgan fingerprint density at radius 3 is 2.31 bits per heavy atom. The van der Waals surface area contributed by atoms with Crippen LogP contribution in [0, 0.1) is 5.92 Å². The maximum absolute atomic E-state index is 11.4. The van der Waals surface area contributed by atoms with E-state index in [1.165, 1.54) is 0 Å². The second kappa shape index (κ2) is 6.95. The van der Waals surface area contributed by atoms with E-state index in [-0.39, 0.29) is 12.3 Å². The highest BCUT2D eigenvalue weighted by Crippen LogP contribution is 2.03. The Morgan fingerprint density at radius 2 is 1.94 bits per heavy atom. The molecule has 0 saturated carbocycles. The van der Waals surface area contributed by atoms with Crippen LogP contribution < -0.4 is 16.8 Å². The van der Waals surface area contributed by atoms with Crippen LogP contribution in [0.1, 0.15) is 26.7 Å². The molecule has 6 nitrogen and oxygen atoms in total. The third-order valence-corrected chi connectivity index (χ3v) is 1.92. The molecule has 0 aliphatic carbocycles. The largest absolute Gasteiger partial charge is 0.370 e. The van der Waals surface area contributed by atoms with Gasteiger partial charge >= 0.3 is 0 Å². The molecule has 0 aliphatic heterocycles. The normalized spacial score (nSPS) is 14.2. The van der Waals surface area contributed by atoms with E-state index in [1.54, 1.807) is 6.29 Å². The lowest BCUT2D eigenvalue weighted by molar-refractivity contribution is -0.126. The van der Waals surface area contributed by atoms with Gasteiger partial charge in [0.25, 0.3) is 0 Å². The van der Waals surface area contributed by atoms with Crippen molar-refractivity contribution >= 4 is 18.1 Å². The van der Waals surface area contributed by atoms with Gasteiger partial charge in [-0.15, -0.1) is 0 Å². The smallest absolute Gasteiger partial charge is 0.238 e. The van der Waals surface area contributed by atoms with Gasteiger partial charge in [0, 0.05) is 0 Å². The maximum atomic E-state index is 11.4. The van der Waals surface area contributed by atoms with Crippen LogP contribution in [0.15, 0.2) is 0 Å². The van der Waals surface area contributed by atoms with Crippen LogP contribution in [0.25, 0.3) is 0 Å². The maximum Gasteiger partial charge on any atom is 0.238 e. The molecule has 0 aliphatic rings. The van der Waals surface area contributed by atoms with E-state index in [2.05, 4.69) is 5.32 Å². The minimum absolute atomic E-state index is 0.237. The molecule has 0 aromatic rings. The lowest BCUT2D eigenvalue weighted by atomic mass is 10.0. The van der Waals surface area contributed by atoms with Crippen LogP contribution in [-0.4, -0.2) is 30.2 Å². The van der Waals surface area contributed by atoms with Gasteiger partial charge < -0.3 is 16.8 Å². The lowest BCUT2D eigenvalue weighted by Gasteiger charge is -2.16. The van der Waals surface area contributed by atoms with Crippen molar-refractivity contribution in [1.82, 2.24) is 5.32 Å². The monoisotopic (exact) mass is 228 g/mol. The fourth-order valence-electron chi connectivity index (χ4n) is 1.20. The summed E-state index contributed by atoms with van der Waals surface area (Å²) in [5.41, 5.74) is 10.3. The van der Waals surface area contributed by atoms with E-state index in [0.717, 1.165) is 0 Å². The topological polar surface area (TPSA) is 115 Å². The predicted octanol–water partition coefficient (Wildman–Crippen LogP) is -1.17. The zero-order chi connectivity index (χ0) is 12.7. The first kappa shape index (κ1) is 14.6. The third kappa shape index (κ3) is 6.13. The average Bonchev–Trinajstić information content (AvgIpc) is 2.14. The Kier molecular flexibility index (Phi) is 6.32. The predicted molar refractivity (Wildman–Crippen MR) is 58.9 cm³/mol. The van der Waals surface area contributed by atoms with E-state index in [1.807, 2.05) is 13.8 Å². The molecule has 0 bridgehead atoms. The number of nitrogens with two attached hydrogens (primary N) is 2. The van der Waals surface area contributed by atoms with E-state index >= 15 is 0 Å². The van der Waals surface area contributed by atoms with E-state index in [0.29, 0.717) is 6.42 Å². The van der Waals surface area contributed by atoms with Gasteiger partial charge in [-0.05, 0) is 12.3 Å². The molecule has 6 heteroatoms. The summed E-state index contributed by atoms with van der Waals surface area (Å²) in [5.74, 6) is -0.968. The molecular formula is C10H18N3O3. The third-order valence-electron chi connectivity index (χ3n) is 1.92. The van der Waals surface area contributed by atoms with Gasteiger partial charge in [0.1, 0.15) is 0 Å². The van der Waals surface area contributed by atoms with E-state index in [4.69, 9.17) is 11.5 Å². The van der Waals surface area contributed by atoms with Crippen LogP contribution in [0.5, 0.6) is 0 Å². The van der Waals surface area contributed by atoms with Crippen molar-refractivity contribution < 1.29 is 14.4 Å². The fraction of sp³-hybridized carbons (Fsp3) is 0.700. The van der Waals surface area contributed by atoms with Crippen molar-refractivity contribution in [3.63, 3.8) is 0 Å². The molecule has 5 N–H and O–H groups in total. The highest BCUT2D eigenvalue weighted by molar-refractivity contribution is 5.89. The first-order valence-corrected chi connectivity index (χ1v) is 5.08. The van der Waals surface area contributed by atoms with E-state index < -0.39 is 23.9 Å².